The van der Waals surface area contributed by atoms with E-state index >= 15 is 0 Å². The van der Waals surface area contributed by atoms with Gasteiger partial charge >= 0.3 is 6.18 Å². The van der Waals surface area contributed by atoms with Gasteiger partial charge in [0, 0.05) is 6.54 Å². The number of pyridine rings is 1. The van der Waals surface area contributed by atoms with Crippen LogP contribution in [0.15, 0.2) is 6.07 Å². The van der Waals surface area contributed by atoms with Gasteiger partial charge in [0.05, 0.1) is 29.4 Å². The number of hydrogen-bond donors (Lipinski definition) is 1. The summed E-state index contributed by atoms with van der Waals surface area (Å²) >= 11 is 5.98. The standard InChI is InChI=1S/C12H10ClF4N3O/c13-7-1-5-9(2-18-11(5)21)19-10(7)20-3-6(8(14)4-20)12(15,16)17/h1,6,8H,2-4H2,(H,18,21)/t6-,8-/m1/s1. The molecule has 2 atom stereocenters. The first-order valence-corrected chi connectivity index (χ1v) is 6.58. The van der Waals surface area contributed by atoms with Crippen molar-refractivity contribution in [1.29, 1.82) is 0 Å². The van der Waals surface area contributed by atoms with E-state index in [1.165, 1.54) is 11.0 Å². The molecule has 2 aliphatic heterocycles. The van der Waals surface area contributed by atoms with Crippen molar-refractivity contribution in [1.82, 2.24) is 10.3 Å². The number of nitrogens with one attached hydrogen (secondary N) is 1. The zero-order valence-corrected chi connectivity index (χ0v) is 11.3. The van der Waals surface area contributed by atoms with Crippen LogP contribution in [0.3, 0.4) is 0 Å². The van der Waals surface area contributed by atoms with Crippen LogP contribution in [0.1, 0.15) is 16.1 Å². The van der Waals surface area contributed by atoms with Crippen LogP contribution in [-0.2, 0) is 6.54 Å². The van der Waals surface area contributed by atoms with Crippen molar-refractivity contribution in [3.05, 3.63) is 22.3 Å². The van der Waals surface area contributed by atoms with E-state index in [1.807, 2.05) is 0 Å². The van der Waals surface area contributed by atoms with Gasteiger partial charge < -0.3 is 10.2 Å². The molecule has 0 saturated carbocycles. The Morgan fingerprint density at radius 1 is 1.38 bits per heavy atom. The zero-order chi connectivity index (χ0) is 15.4. The molecule has 0 bridgehead atoms. The van der Waals surface area contributed by atoms with E-state index in [4.69, 9.17) is 11.6 Å². The van der Waals surface area contributed by atoms with Crippen LogP contribution in [0.2, 0.25) is 5.02 Å². The highest BCUT2D eigenvalue weighted by atomic mass is 35.5. The number of nitrogens with zero attached hydrogens (tertiary/aromatic N) is 2. The summed E-state index contributed by atoms with van der Waals surface area (Å²) in [7, 11) is 0. The number of carbonyl (C=O) groups is 1. The Kier molecular flexibility index (Phi) is 3.23. The maximum Gasteiger partial charge on any atom is 0.396 e. The molecule has 0 radical (unpaired) electrons. The second-order valence-electron chi connectivity index (χ2n) is 5.04. The molecule has 1 aromatic heterocycles. The lowest BCUT2D eigenvalue weighted by molar-refractivity contribution is -0.180. The van der Waals surface area contributed by atoms with Gasteiger partial charge in [-0.1, -0.05) is 11.6 Å². The molecular formula is C12H10ClF4N3O. The van der Waals surface area contributed by atoms with E-state index in [9.17, 15) is 22.4 Å². The van der Waals surface area contributed by atoms with E-state index < -0.39 is 31.4 Å². The van der Waals surface area contributed by atoms with Crippen molar-refractivity contribution in [3.8, 4) is 0 Å². The van der Waals surface area contributed by atoms with Crippen molar-refractivity contribution in [2.45, 2.75) is 18.9 Å². The van der Waals surface area contributed by atoms with Gasteiger partial charge in [0.1, 0.15) is 17.9 Å². The number of aromatic nitrogens is 1. The molecule has 9 heteroatoms. The highest BCUT2D eigenvalue weighted by Crippen LogP contribution is 2.39. The number of amides is 1. The lowest BCUT2D eigenvalue weighted by Gasteiger charge is -2.19. The van der Waals surface area contributed by atoms with Crippen LogP contribution < -0.4 is 10.2 Å². The average molecular weight is 324 g/mol. The highest BCUT2D eigenvalue weighted by Gasteiger charge is 2.51. The molecule has 4 nitrogen and oxygen atoms in total. The van der Waals surface area contributed by atoms with Gasteiger partial charge in [-0.3, -0.25) is 4.79 Å². The van der Waals surface area contributed by atoms with Gasteiger partial charge in [-0.2, -0.15) is 13.2 Å². The zero-order valence-electron chi connectivity index (χ0n) is 10.5. The van der Waals surface area contributed by atoms with Gasteiger partial charge in [-0.15, -0.1) is 0 Å². The second kappa shape index (κ2) is 4.72. The lowest BCUT2D eigenvalue weighted by Crippen LogP contribution is -2.31. The molecule has 1 aromatic rings. The van der Waals surface area contributed by atoms with Crippen LogP contribution in [0.25, 0.3) is 0 Å². The molecule has 1 saturated heterocycles. The minimum Gasteiger partial charge on any atom is -0.352 e. The highest BCUT2D eigenvalue weighted by molar-refractivity contribution is 6.33. The largest absolute Gasteiger partial charge is 0.396 e. The minimum absolute atomic E-state index is 0.0424. The summed E-state index contributed by atoms with van der Waals surface area (Å²) in [6.45, 7) is -0.761. The molecule has 3 heterocycles. The van der Waals surface area contributed by atoms with Crippen LogP contribution in [0, 0.1) is 5.92 Å². The van der Waals surface area contributed by atoms with Gasteiger partial charge in [0.25, 0.3) is 5.91 Å². The molecule has 0 aromatic carbocycles. The Morgan fingerprint density at radius 2 is 2.10 bits per heavy atom. The topological polar surface area (TPSA) is 45.2 Å². The Balaban J connectivity index is 1.91. The van der Waals surface area contributed by atoms with Crippen molar-refractivity contribution >= 4 is 23.3 Å². The van der Waals surface area contributed by atoms with Gasteiger partial charge in [0.15, 0.2) is 0 Å². The van der Waals surface area contributed by atoms with E-state index in [0.717, 1.165) is 0 Å². The summed E-state index contributed by atoms with van der Waals surface area (Å²) in [6.07, 6.45) is -6.62. The Hall–Kier alpha value is -1.57. The summed E-state index contributed by atoms with van der Waals surface area (Å²) in [4.78, 5) is 16.7. The Bertz CT molecular complexity index is 607. The summed E-state index contributed by atoms with van der Waals surface area (Å²) in [5, 5.41) is 2.58. The van der Waals surface area contributed by atoms with Gasteiger partial charge in [-0.05, 0) is 6.07 Å². The fourth-order valence-electron chi connectivity index (χ4n) is 2.57. The molecule has 0 spiro atoms. The molecule has 21 heavy (non-hydrogen) atoms. The number of rotatable bonds is 1. The van der Waals surface area contributed by atoms with Gasteiger partial charge in [0.2, 0.25) is 0 Å². The Morgan fingerprint density at radius 3 is 2.71 bits per heavy atom. The first-order chi connectivity index (χ1) is 9.77. The van der Waals surface area contributed by atoms with Crippen molar-refractivity contribution < 1.29 is 22.4 Å². The average Bonchev–Trinajstić information content (AvgIpc) is 2.92. The normalized spacial score (nSPS) is 25.2. The first-order valence-electron chi connectivity index (χ1n) is 6.20. The maximum atomic E-state index is 13.6. The lowest BCUT2D eigenvalue weighted by atomic mass is 10.1. The molecular weight excluding hydrogens is 314 g/mol. The van der Waals surface area contributed by atoms with Crippen LogP contribution >= 0.6 is 11.6 Å². The molecule has 1 fully saturated rings. The summed E-state index contributed by atoms with van der Waals surface area (Å²) in [6, 6.07) is 1.36. The van der Waals surface area contributed by atoms with E-state index in [1.54, 1.807) is 0 Å². The van der Waals surface area contributed by atoms with Gasteiger partial charge in [-0.25, -0.2) is 9.37 Å². The van der Waals surface area contributed by atoms with Crippen LogP contribution in [0.4, 0.5) is 23.4 Å². The molecule has 3 rings (SSSR count). The quantitative estimate of drug-likeness (QED) is 0.807. The Labute approximate surface area is 122 Å². The summed E-state index contributed by atoms with van der Waals surface area (Å²) in [5.41, 5.74) is 0.706. The SMILES string of the molecule is O=C1NCc2nc(N3C[C@@H](F)[C@H](C(F)(F)F)C3)c(Cl)cc21. The van der Waals surface area contributed by atoms with E-state index in [2.05, 4.69) is 10.3 Å². The third-order valence-electron chi connectivity index (χ3n) is 3.67. The molecule has 2 aliphatic rings. The number of alkyl halides is 4. The van der Waals surface area contributed by atoms with E-state index in [0.29, 0.717) is 11.3 Å². The van der Waals surface area contributed by atoms with Crippen LogP contribution in [-0.4, -0.2) is 36.3 Å². The molecule has 114 valence electrons. The second-order valence-corrected chi connectivity index (χ2v) is 5.45. The molecule has 1 amide bonds. The smallest absolute Gasteiger partial charge is 0.352 e. The third-order valence-corrected chi connectivity index (χ3v) is 3.94. The number of fused-ring (bicyclic) bond motifs is 1. The monoisotopic (exact) mass is 323 g/mol. The van der Waals surface area contributed by atoms with Crippen LogP contribution in [0.5, 0.6) is 0 Å². The fraction of sp³-hybridized carbons (Fsp3) is 0.500. The number of carbonyl (C=O) groups excluding carboxylic acids is 1. The molecule has 1 N–H and O–H groups in total. The minimum atomic E-state index is -4.60. The van der Waals surface area contributed by atoms with Crippen molar-refractivity contribution in [2.24, 2.45) is 5.92 Å². The number of halogens is 5. The van der Waals surface area contributed by atoms with Crippen molar-refractivity contribution in [3.63, 3.8) is 0 Å². The van der Waals surface area contributed by atoms with E-state index in [-0.39, 0.29) is 23.3 Å². The number of anilines is 1. The number of hydrogen-bond acceptors (Lipinski definition) is 3. The van der Waals surface area contributed by atoms with Crippen molar-refractivity contribution in [2.75, 3.05) is 18.0 Å². The summed E-state index contributed by atoms with van der Waals surface area (Å²) in [5.74, 6) is -2.30. The molecule has 0 unspecified atom stereocenters. The predicted molar refractivity (Wildman–Crippen MR) is 67.1 cm³/mol. The fourth-order valence-corrected chi connectivity index (χ4v) is 2.84. The molecule has 0 aliphatic carbocycles. The first kappa shape index (κ1) is 14.4. The predicted octanol–water partition coefficient (Wildman–Crippen LogP) is 2.32. The third kappa shape index (κ3) is 2.41. The summed E-state index contributed by atoms with van der Waals surface area (Å²) < 4.78 is 51.7. The maximum absolute atomic E-state index is 13.6.